The minimum absolute atomic E-state index is 0.0835. The van der Waals surface area contributed by atoms with Crippen molar-refractivity contribution in [3.8, 4) is 11.3 Å². The predicted octanol–water partition coefficient (Wildman–Crippen LogP) is 13.4. The van der Waals surface area contributed by atoms with Crippen LogP contribution in [0.15, 0.2) is 61.1 Å². The third kappa shape index (κ3) is 8.55. The van der Waals surface area contributed by atoms with Gasteiger partial charge in [-0.25, -0.2) is 13.8 Å². The molecule has 12 nitrogen and oxygen atoms in total. The summed E-state index contributed by atoms with van der Waals surface area (Å²) in [6.45, 7) is 25.1. The summed E-state index contributed by atoms with van der Waals surface area (Å²) in [5.41, 5.74) is -5.03. The second-order valence-electron chi connectivity index (χ2n) is 19.3. The minimum atomic E-state index is -4.89. The summed E-state index contributed by atoms with van der Waals surface area (Å²) in [7, 11) is -19.4. The van der Waals surface area contributed by atoms with E-state index in [4.69, 9.17) is 11.6 Å². The van der Waals surface area contributed by atoms with Crippen molar-refractivity contribution < 1.29 is 46.6 Å². The zero-order chi connectivity index (χ0) is 49.6. The number of hydrogen-bond acceptors (Lipinski definition) is 7. The molecule has 0 spiro atoms. The van der Waals surface area contributed by atoms with Crippen molar-refractivity contribution in [1.82, 2.24) is 20.2 Å². The standard InChI is InChI=1S/C26H38FN3O4P2.C19H33ClFNO4P2/c1-16(2)25(17(3)4,26(27,35(31,32)18(5)6)36(33,34)19(7)8)20-12-13-28-24(14-20)21-10-9-11-23-22(21)15-29-30-23;1-12(2)18(13(3)4,16-9-10-22-17(20)11-16)19(21,27(23,24)14(5)6)28(25,26)15(7)8/h9-19H,1-8H3,(H,29,30)(H,31,32)(H,33,34);9-15H,1-8H3,(H,23,24)(H,25,26). The van der Waals surface area contributed by atoms with Crippen LogP contribution in [0.3, 0.4) is 0 Å². The molecule has 0 aliphatic carbocycles. The van der Waals surface area contributed by atoms with E-state index in [1.54, 1.807) is 73.7 Å². The molecule has 0 saturated carbocycles. The Bertz CT molecular complexity index is 2390. The van der Waals surface area contributed by atoms with Gasteiger partial charge in [0.05, 0.1) is 28.2 Å². The molecule has 4 rings (SSSR count). The predicted molar refractivity (Wildman–Crippen MR) is 259 cm³/mol. The number of aromatic amines is 1. The smallest absolute Gasteiger partial charge is 0.270 e. The van der Waals surface area contributed by atoms with Crippen molar-refractivity contribution in [2.75, 3.05) is 0 Å². The Morgan fingerprint density at radius 1 is 0.562 bits per heavy atom. The number of pyridine rings is 2. The van der Waals surface area contributed by atoms with Gasteiger partial charge in [-0.3, -0.25) is 28.3 Å². The number of halogens is 3. The molecule has 0 aliphatic rings. The van der Waals surface area contributed by atoms with Crippen LogP contribution >= 0.6 is 41.1 Å². The van der Waals surface area contributed by atoms with E-state index >= 15 is 8.78 Å². The Morgan fingerprint density at radius 2 is 0.922 bits per heavy atom. The van der Waals surface area contributed by atoms with Gasteiger partial charge in [-0.1, -0.05) is 135 Å². The Labute approximate surface area is 384 Å². The van der Waals surface area contributed by atoms with Crippen molar-refractivity contribution in [3.63, 3.8) is 0 Å². The Hall–Kier alpha value is -2.10. The van der Waals surface area contributed by atoms with E-state index in [2.05, 4.69) is 20.2 Å². The van der Waals surface area contributed by atoms with E-state index < -0.39 is 96.9 Å². The van der Waals surface area contributed by atoms with Gasteiger partial charge in [-0.15, -0.1) is 0 Å². The van der Waals surface area contributed by atoms with Crippen LogP contribution in [-0.4, -0.2) is 72.7 Å². The molecule has 0 radical (unpaired) electrons. The molecule has 19 heteroatoms. The summed E-state index contributed by atoms with van der Waals surface area (Å²) >= 11 is 6.07. The van der Waals surface area contributed by atoms with Gasteiger partial charge in [0.15, 0.2) is 0 Å². The SMILES string of the molecule is CC(C)C(c1ccnc(-c2cccc3[nH]ncc23)c1)(C(C)C)C(F)(P(=O)(O)C(C)C)P(=O)(O)C(C)C.CC(C)C(c1ccnc(Cl)c1)(C(C)C)C(F)(P(=O)(O)C(C)C)P(=O)(O)C(C)C. The highest BCUT2D eigenvalue weighted by molar-refractivity contribution is 7.79. The first-order valence-electron chi connectivity index (χ1n) is 21.8. The van der Waals surface area contributed by atoms with Gasteiger partial charge in [0, 0.05) is 46.0 Å². The highest BCUT2D eigenvalue weighted by Crippen LogP contribution is 2.85. The van der Waals surface area contributed by atoms with Crippen molar-refractivity contribution in [2.45, 2.75) is 155 Å². The van der Waals surface area contributed by atoms with Gasteiger partial charge in [-0.05, 0) is 65.1 Å². The highest BCUT2D eigenvalue weighted by Gasteiger charge is 2.77. The molecule has 4 aromatic rings. The number of nitrogens with one attached hydrogen (secondary N) is 1. The number of aromatic nitrogens is 4. The number of H-pyrrole nitrogens is 1. The van der Waals surface area contributed by atoms with Gasteiger partial charge in [0.25, 0.3) is 10.3 Å². The van der Waals surface area contributed by atoms with E-state index in [0.717, 1.165) is 16.5 Å². The molecule has 4 unspecified atom stereocenters. The molecule has 3 heterocycles. The zero-order valence-corrected chi connectivity index (χ0v) is 44.4. The first-order valence-corrected chi connectivity index (χ1v) is 29.1. The lowest BCUT2D eigenvalue weighted by Gasteiger charge is -2.55. The van der Waals surface area contributed by atoms with Crippen molar-refractivity contribution in [2.24, 2.45) is 23.7 Å². The fourth-order valence-corrected chi connectivity index (χ4v) is 23.7. The zero-order valence-electron chi connectivity index (χ0n) is 40.1. The molecule has 0 bridgehead atoms. The highest BCUT2D eigenvalue weighted by atomic mass is 35.5. The van der Waals surface area contributed by atoms with Gasteiger partial charge in [0.1, 0.15) is 5.15 Å². The van der Waals surface area contributed by atoms with Crippen LogP contribution < -0.4 is 0 Å². The van der Waals surface area contributed by atoms with Crippen LogP contribution in [-0.2, 0) is 29.1 Å². The van der Waals surface area contributed by atoms with Gasteiger partial charge in [0.2, 0.25) is 29.5 Å². The Balaban J connectivity index is 0.000000352. The molecule has 64 heavy (non-hydrogen) atoms. The number of fused-ring (bicyclic) bond motifs is 1. The number of benzene rings is 1. The summed E-state index contributed by atoms with van der Waals surface area (Å²) in [4.78, 5) is 53.4. The molecular weight excluding hydrogens is 922 g/mol. The summed E-state index contributed by atoms with van der Waals surface area (Å²) in [6, 6.07) is 11.8. The molecule has 1 aromatic carbocycles. The van der Waals surface area contributed by atoms with E-state index in [1.807, 2.05) is 18.2 Å². The van der Waals surface area contributed by atoms with Crippen LogP contribution in [0.1, 0.15) is 122 Å². The van der Waals surface area contributed by atoms with Gasteiger partial charge >= 0.3 is 0 Å². The molecule has 0 aliphatic heterocycles. The second kappa shape index (κ2) is 19.9. The summed E-state index contributed by atoms with van der Waals surface area (Å²) in [6.07, 6.45) is 4.59. The van der Waals surface area contributed by atoms with Crippen molar-refractivity contribution in [1.29, 1.82) is 0 Å². The maximum Gasteiger partial charge on any atom is 0.270 e. The number of alkyl halides is 2. The molecule has 5 N–H and O–H groups in total. The normalized spacial score (nSPS) is 18.8. The van der Waals surface area contributed by atoms with Crippen molar-refractivity contribution >= 4 is 52.0 Å². The lowest BCUT2D eigenvalue weighted by atomic mass is 9.65. The molecule has 0 saturated heterocycles. The molecule has 0 fully saturated rings. The molecule has 0 amide bonds. The van der Waals surface area contributed by atoms with Crippen LogP contribution in [0.5, 0.6) is 0 Å². The number of rotatable bonds is 17. The second-order valence-corrected chi connectivity index (χ2v) is 32.0. The third-order valence-corrected chi connectivity index (χ3v) is 27.5. The summed E-state index contributed by atoms with van der Waals surface area (Å²) in [5, 5.41) is 1.35. The van der Waals surface area contributed by atoms with E-state index in [-0.39, 0.29) is 5.15 Å². The average molecular weight is 993 g/mol. The van der Waals surface area contributed by atoms with Crippen LogP contribution in [0.25, 0.3) is 22.2 Å². The number of hydrogen-bond donors (Lipinski definition) is 5. The van der Waals surface area contributed by atoms with Gasteiger partial charge < -0.3 is 19.6 Å². The first kappa shape index (κ1) is 56.2. The Morgan fingerprint density at radius 3 is 1.27 bits per heavy atom. The minimum Gasteiger partial charge on any atom is -0.342 e. The lowest BCUT2D eigenvalue weighted by Crippen LogP contribution is -2.56. The van der Waals surface area contributed by atoms with E-state index in [9.17, 15) is 37.8 Å². The van der Waals surface area contributed by atoms with Gasteiger partial charge in [-0.2, -0.15) is 5.10 Å². The molecule has 3 aromatic heterocycles. The molecule has 360 valence electrons. The fraction of sp³-hybridized carbons (Fsp3) is 0.622. The summed E-state index contributed by atoms with van der Waals surface area (Å²) in [5.74, 6) is -2.40. The fourth-order valence-electron chi connectivity index (χ4n) is 10.0. The molecule has 4 atom stereocenters. The first-order chi connectivity index (χ1) is 29.1. The quantitative estimate of drug-likeness (QED) is 0.0497. The van der Waals surface area contributed by atoms with E-state index in [0.29, 0.717) is 16.8 Å². The van der Waals surface area contributed by atoms with Crippen LogP contribution in [0, 0.1) is 23.7 Å². The maximum atomic E-state index is 18.0. The topological polar surface area (TPSA) is 204 Å². The average Bonchev–Trinajstić information content (AvgIpc) is 3.67. The van der Waals surface area contributed by atoms with Crippen LogP contribution in [0.4, 0.5) is 8.78 Å². The summed E-state index contributed by atoms with van der Waals surface area (Å²) < 4.78 is 90.7. The van der Waals surface area contributed by atoms with Crippen molar-refractivity contribution in [3.05, 3.63) is 77.3 Å². The third-order valence-electron chi connectivity index (χ3n) is 13.4. The number of nitrogens with zero attached hydrogens (tertiary/aromatic N) is 3. The monoisotopic (exact) mass is 992 g/mol. The lowest BCUT2D eigenvalue weighted by molar-refractivity contribution is 0.0847. The largest absolute Gasteiger partial charge is 0.342 e. The van der Waals surface area contributed by atoms with E-state index in [1.165, 1.54) is 79.9 Å². The molecular formula is C45H71ClF2N4O8P4. The maximum absolute atomic E-state index is 18.0. The Kier molecular flexibility index (Phi) is 17.4. The van der Waals surface area contributed by atoms with Crippen LogP contribution in [0.2, 0.25) is 5.15 Å².